The molecule has 1 aromatic heterocycles. The monoisotopic (exact) mass is 321 g/mol. The zero-order valence-corrected chi connectivity index (χ0v) is 14.4. The molecule has 0 fully saturated rings. The van der Waals surface area contributed by atoms with E-state index in [4.69, 9.17) is 11.6 Å². The summed E-state index contributed by atoms with van der Waals surface area (Å²) in [5, 5.41) is 4.38. The maximum atomic E-state index is 6.31. The quantitative estimate of drug-likeness (QED) is 0.723. The molecular formula is C18H24ClNS. The first-order chi connectivity index (χ1) is 10.2. The lowest BCUT2D eigenvalue weighted by Gasteiger charge is -2.17. The average Bonchev–Trinajstić information content (AvgIpc) is 2.94. The highest BCUT2D eigenvalue weighted by Crippen LogP contribution is 2.24. The second kappa shape index (κ2) is 8.57. The van der Waals surface area contributed by atoms with Crippen LogP contribution in [0.15, 0.2) is 36.4 Å². The van der Waals surface area contributed by atoms with E-state index in [-0.39, 0.29) is 0 Å². The van der Waals surface area contributed by atoms with Crippen LogP contribution in [-0.2, 0) is 19.3 Å². The predicted molar refractivity (Wildman–Crippen MR) is 94.6 cm³/mol. The van der Waals surface area contributed by atoms with Crippen molar-refractivity contribution in [1.29, 1.82) is 0 Å². The average molecular weight is 322 g/mol. The first kappa shape index (κ1) is 16.5. The van der Waals surface area contributed by atoms with E-state index in [0.717, 1.165) is 37.4 Å². The molecule has 0 amide bonds. The van der Waals surface area contributed by atoms with E-state index >= 15 is 0 Å². The number of aryl methyl sites for hydroxylation is 1. The summed E-state index contributed by atoms with van der Waals surface area (Å²) in [7, 11) is 0. The number of benzene rings is 1. The van der Waals surface area contributed by atoms with Gasteiger partial charge in [-0.2, -0.15) is 0 Å². The van der Waals surface area contributed by atoms with Crippen LogP contribution in [0.3, 0.4) is 0 Å². The Bertz CT molecular complexity index is 550. The lowest BCUT2D eigenvalue weighted by Crippen LogP contribution is -2.25. The van der Waals surface area contributed by atoms with Crippen molar-refractivity contribution in [3.8, 4) is 0 Å². The van der Waals surface area contributed by atoms with Crippen molar-refractivity contribution in [3.05, 3.63) is 56.7 Å². The minimum absolute atomic E-state index is 0.591. The predicted octanol–water partition coefficient (Wildman–Crippen LogP) is 4.97. The maximum Gasteiger partial charge on any atom is 0.0438 e. The Morgan fingerprint density at radius 1 is 1.05 bits per heavy atom. The molecule has 0 spiro atoms. The minimum Gasteiger partial charge on any atom is -0.317 e. The minimum atomic E-state index is 0.591. The Balaban J connectivity index is 2.05. The van der Waals surface area contributed by atoms with Gasteiger partial charge in [0.25, 0.3) is 0 Å². The van der Waals surface area contributed by atoms with Crippen LogP contribution in [0.4, 0.5) is 0 Å². The maximum absolute atomic E-state index is 6.31. The van der Waals surface area contributed by atoms with Gasteiger partial charge in [0.05, 0.1) is 0 Å². The lowest BCUT2D eigenvalue weighted by molar-refractivity contribution is 0.481. The highest BCUT2D eigenvalue weighted by molar-refractivity contribution is 7.11. The lowest BCUT2D eigenvalue weighted by atomic mass is 9.95. The van der Waals surface area contributed by atoms with Crippen LogP contribution >= 0.6 is 22.9 Å². The standard InChI is InChI=1S/C18H24ClNS/c1-3-16-9-10-17(21-16)12-14(13-20-4-2)11-15-7-5-6-8-18(15)19/h5-10,14,20H,3-4,11-13H2,1-2H3. The number of nitrogens with one attached hydrogen (secondary N) is 1. The topological polar surface area (TPSA) is 12.0 Å². The van der Waals surface area contributed by atoms with E-state index in [2.05, 4.69) is 43.4 Å². The third-order valence-corrected chi connectivity index (χ3v) is 5.33. The van der Waals surface area contributed by atoms with Crippen molar-refractivity contribution in [1.82, 2.24) is 5.32 Å². The molecular weight excluding hydrogens is 298 g/mol. The summed E-state index contributed by atoms with van der Waals surface area (Å²) < 4.78 is 0. The Labute approximate surface area is 137 Å². The van der Waals surface area contributed by atoms with Crippen molar-refractivity contribution in [2.24, 2.45) is 5.92 Å². The van der Waals surface area contributed by atoms with Gasteiger partial charge >= 0.3 is 0 Å². The van der Waals surface area contributed by atoms with Crippen molar-refractivity contribution >= 4 is 22.9 Å². The SMILES string of the molecule is CCNCC(Cc1ccc(CC)s1)Cc1ccccc1Cl. The van der Waals surface area contributed by atoms with Gasteiger partial charge in [-0.3, -0.25) is 0 Å². The first-order valence-corrected chi connectivity index (χ1v) is 8.94. The number of rotatable bonds is 8. The van der Waals surface area contributed by atoms with Gasteiger partial charge in [-0.1, -0.05) is 43.6 Å². The summed E-state index contributed by atoms with van der Waals surface area (Å²) in [5.41, 5.74) is 1.26. The molecule has 1 unspecified atom stereocenters. The molecule has 2 rings (SSSR count). The molecule has 0 aliphatic rings. The van der Waals surface area contributed by atoms with Crippen molar-refractivity contribution in [2.75, 3.05) is 13.1 Å². The molecule has 21 heavy (non-hydrogen) atoms. The number of halogens is 1. The molecule has 114 valence electrons. The van der Waals surface area contributed by atoms with E-state index in [0.29, 0.717) is 5.92 Å². The van der Waals surface area contributed by atoms with Gasteiger partial charge in [0.15, 0.2) is 0 Å². The van der Waals surface area contributed by atoms with Crippen LogP contribution in [-0.4, -0.2) is 13.1 Å². The third kappa shape index (κ3) is 5.14. The van der Waals surface area contributed by atoms with Crippen LogP contribution in [0.2, 0.25) is 5.02 Å². The molecule has 1 N–H and O–H groups in total. The molecule has 2 aromatic rings. The molecule has 1 nitrogen and oxygen atoms in total. The van der Waals surface area contributed by atoms with E-state index in [1.807, 2.05) is 23.5 Å². The summed E-state index contributed by atoms with van der Waals surface area (Å²) in [5.74, 6) is 0.591. The summed E-state index contributed by atoms with van der Waals surface area (Å²) >= 11 is 8.26. The largest absolute Gasteiger partial charge is 0.317 e. The van der Waals surface area contributed by atoms with Crippen LogP contribution in [0, 0.1) is 5.92 Å². The first-order valence-electron chi connectivity index (χ1n) is 7.74. The zero-order valence-electron chi connectivity index (χ0n) is 12.9. The van der Waals surface area contributed by atoms with E-state index in [9.17, 15) is 0 Å². The van der Waals surface area contributed by atoms with Crippen molar-refractivity contribution < 1.29 is 0 Å². The molecule has 0 aliphatic carbocycles. The van der Waals surface area contributed by atoms with Gasteiger partial charge in [-0.25, -0.2) is 0 Å². The van der Waals surface area contributed by atoms with Gasteiger partial charge in [0, 0.05) is 14.8 Å². The van der Waals surface area contributed by atoms with Gasteiger partial charge in [0.1, 0.15) is 0 Å². The van der Waals surface area contributed by atoms with Crippen LogP contribution in [0.1, 0.15) is 29.2 Å². The second-order valence-corrected chi connectivity index (χ2v) is 7.06. The Morgan fingerprint density at radius 2 is 1.81 bits per heavy atom. The van der Waals surface area contributed by atoms with Gasteiger partial charge in [-0.05, 0) is 62.0 Å². The normalized spacial score (nSPS) is 12.5. The highest BCUT2D eigenvalue weighted by Gasteiger charge is 2.13. The third-order valence-electron chi connectivity index (χ3n) is 3.71. The summed E-state index contributed by atoms with van der Waals surface area (Å²) in [6, 6.07) is 12.8. The molecule has 0 saturated heterocycles. The van der Waals surface area contributed by atoms with Gasteiger partial charge in [-0.15, -0.1) is 11.3 Å². The van der Waals surface area contributed by atoms with Crippen molar-refractivity contribution in [3.63, 3.8) is 0 Å². The molecule has 0 aliphatic heterocycles. The number of hydrogen-bond donors (Lipinski definition) is 1. The smallest absolute Gasteiger partial charge is 0.0438 e. The molecule has 1 aromatic carbocycles. The Morgan fingerprint density at radius 3 is 2.48 bits per heavy atom. The summed E-state index contributed by atoms with van der Waals surface area (Å²) in [6.45, 7) is 6.44. The Kier molecular flexibility index (Phi) is 6.75. The van der Waals surface area contributed by atoms with Crippen LogP contribution in [0.5, 0.6) is 0 Å². The molecule has 1 heterocycles. The van der Waals surface area contributed by atoms with Gasteiger partial charge < -0.3 is 5.32 Å². The molecule has 0 saturated carbocycles. The molecule has 0 bridgehead atoms. The fourth-order valence-electron chi connectivity index (χ4n) is 2.55. The Hall–Kier alpha value is -0.830. The van der Waals surface area contributed by atoms with Crippen LogP contribution < -0.4 is 5.32 Å². The number of thiophene rings is 1. The molecule has 0 radical (unpaired) electrons. The summed E-state index contributed by atoms with van der Waals surface area (Å²) in [4.78, 5) is 2.96. The van der Waals surface area contributed by atoms with Crippen LogP contribution in [0.25, 0.3) is 0 Å². The van der Waals surface area contributed by atoms with E-state index in [1.54, 1.807) is 0 Å². The molecule has 1 atom stereocenters. The number of hydrogen-bond acceptors (Lipinski definition) is 2. The van der Waals surface area contributed by atoms with Gasteiger partial charge in [0.2, 0.25) is 0 Å². The fourth-order valence-corrected chi connectivity index (χ4v) is 3.83. The highest BCUT2D eigenvalue weighted by atomic mass is 35.5. The van der Waals surface area contributed by atoms with Crippen molar-refractivity contribution in [2.45, 2.75) is 33.1 Å². The zero-order chi connectivity index (χ0) is 15.1. The fraction of sp³-hybridized carbons (Fsp3) is 0.444. The molecule has 3 heteroatoms. The van der Waals surface area contributed by atoms with E-state index < -0.39 is 0 Å². The summed E-state index contributed by atoms with van der Waals surface area (Å²) in [6.07, 6.45) is 3.29. The second-order valence-electron chi connectivity index (χ2n) is 5.39. The van der Waals surface area contributed by atoms with E-state index in [1.165, 1.54) is 15.3 Å².